The van der Waals surface area contributed by atoms with Gasteiger partial charge in [-0.2, -0.15) is 0 Å². The Hall–Kier alpha value is -6.21. The van der Waals surface area contributed by atoms with Crippen molar-refractivity contribution in [2.75, 3.05) is 16.5 Å². The van der Waals surface area contributed by atoms with E-state index in [1.165, 1.54) is 10.9 Å². The smallest absolute Gasteiger partial charge is 0.137 e. The van der Waals surface area contributed by atoms with Gasteiger partial charge >= 0.3 is 0 Å². The van der Waals surface area contributed by atoms with Crippen molar-refractivity contribution in [1.29, 1.82) is 0 Å². The predicted octanol–water partition coefficient (Wildman–Crippen LogP) is 10.5. The molecule has 0 amide bonds. The summed E-state index contributed by atoms with van der Waals surface area (Å²) in [6.07, 6.45) is 5.66. The summed E-state index contributed by atoms with van der Waals surface area (Å²) in [5.74, 6) is 3.29. The molecule has 0 saturated heterocycles. The van der Waals surface area contributed by atoms with Gasteiger partial charge in [-0.05, 0) is 77.7 Å². The van der Waals surface area contributed by atoms with Crippen LogP contribution in [0.4, 0.5) is 22.9 Å². The summed E-state index contributed by atoms with van der Waals surface area (Å²) in [6, 6.07) is 41.8. The second kappa shape index (κ2) is 11.2. The number of anilines is 4. The molecule has 0 atom stereocenters. The first-order valence-corrected chi connectivity index (χ1v) is 16.5. The van der Waals surface area contributed by atoms with E-state index in [-0.39, 0.29) is 5.41 Å². The SMILES string of the molecule is CC(C)(C)c1ccnc(-n2c3ccccc3c3ccc(Oc4cccc(N5CN(c6ccc7ccccc7n6)c6cnccc65)c4)cc32)c1. The summed E-state index contributed by atoms with van der Waals surface area (Å²) in [5, 5.41) is 3.46. The number of nitrogens with zero attached hydrogens (tertiary/aromatic N) is 6. The van der Waals surface area contributed by atoms with E-state index in [2.05, 4.69) is 131 Å². The molecule has 0 fully saturated rings. The van der Waals surface area contributed by atoms with Crippen LogP contribution in [-0.2, 0) is 5.41 Å². The minimum atomic E-state index is 0.00508. The Bertz CT molecular complexity index is 2530. The van der Waals surface area contributed by atoms with Gasteiger partial charge in [0.05, 0.1) is 34.1 Å². The number of fused-ring (bicyclic) bond motifs is 5. The van der Waals surface area contributed by atoms with Crippen LogP contribution in [-0.4, -0.2) is 26.2 Å². The third kappa shape index (κ3) is 5.02. The second-order valence-electron chi connectivity index (χ2n) is 13.5. The predicted molar refractivity (Wildman–Crippen MR) is 199 cm³/mol. The van der Waals surface area contributed by atoms with Crippen molar-refractivity contribution in [2.24, 2.45) is 0 Å². The molecule has 49 heavy (non-hydrogen) atoms. The fraction of sp³-hybridized carbons (Fsp3) is 0.119. The summed E-state index contributed by atoms with van der Waals surface area (Å²) in [4.78, 5) is 18.7. The number of para-hydroxylation sites is 2. The van der Waals surface area contributed by atoms with Crippen LogP contribution in [0.3, 0.4) is 0 Å². The molecule has 9 rings (SSSR count). The Morgan fingerprint density at radius 1 is 0.633 bits per heavy atom. The summed E-state index contributed by atoms with van der Waals surface area (Å²) < 4.78 is 8.84. The number of hydrogen-bond acceptors (Lipinski definition) is 6. The lowest BCUT2D eigenvalue weighted by Crippen LogP contribution is -2.24. The minimum absolute atomic E-state index is 0.00508. The lowest BCUT2D eigenvalue weighted by atomic mass is 9.88. The molecule has 4 aromatic heterocycles. The van der Waals surface area contributed by atoms with Crippen LogP contribution in [0.15, 0.2) is 140 Å². The highest BCUT2D eigenvalue weighted by atomic mass is 16.5. The molecule has 7 heteroatoms. The largest absolute Gasteiger partial charge is 0.457 e. The molecule has 1 aliphatic heterocycles. The maximum atomic E-state index is 6.60. The van der Waals surface area contributed by atoms with Crippen LogP contribution in [0.5, 0.6) is 11.5 Å². The molecular formula is C42H34N6O. The molecule has 0 radical (unpaired) electrons. The highest BCUT2D eigenvalue weighted by Gasteiger charge is 2.29. The van der Waals surface area contributed by atoms with Crippen LogP contribution in [0.25, 0.3) is 38.5 Å². The maximum Gasteiger partial charge on any atom is 0.137 e. The summed E-state index contributed by atoms with van der Waals surface area (Å²) in [6.45, 7) is 7.29. The first-order chi connectivity index (χ1) is 23.9. The molecule has 8 aromatic rings. The molecule has 0 spiro atoms. The number of pyridine rings is 3. The summed E-state index contributed by atoms with van der Waals surface area (Å²) in [5.41, 5.74) is 7.47. The molecule has 7 nitrogen and oxygen atoms in total. The third-order valence-corrected chi connectivity index (χ3v) is 9.35. The molecule has 0 bridgehead atoms. The lowest BCUT2D eigenvalue weighted by Gasteiger charge is -2.22. The van der Waals surface area contributed by atoms with Crippen LogP contribution >= 0.6 is 0 Å². The molecule has 238 valence electrons. The molecule has 1 aliphatic rings. The van der Waals surface area contributed by atoms with E-state index < -0.39 is 0 Å². The van der Waals surface area contributed by atoms with E-state index in [1.807, 2.05) is 48.9 Å². The normalized spacial score (nSPS) is 13.0. The molecule has 0 aliphatic carbocycles. The van der Waals surface area contributed by atoms with E-state index in [0.29, 0.717) is 6.67 Å². The Morgan fingerprint density at radius 2 is 1.47 bits per heavy atom. The number of benzene rings is 4. The minimum Gasteiger partial charge on any atom is -0.457 e. The van der Waals surface area contributed by atoms with Crippen molar-refractivity contribution >= 4 is 55.6 Å². The van der Waals surface area contributed by atoms with Crippen molar-refractivity contribution in [3.05, 3.63) is 145 Å². The molecule has 0 saturated carbocycles. The fourth-order valence-electron chi connectivity index (χ4n) is 6.85. The Labute approximate surface area is 284 Å². The van der Waals surface area contributed by atoms with E-state index >= 15 is 0 Å². The monoisotopic (exact) mass is 638 g/mol. The van der Waals surface area contributed by atoms with Gasteiger partial charge in [0.2, 0.25) is 0 Å². The highest BCUT2D eigenvalue weighted by Crippen LogP contribution is 2.44. The van der Waals surface area contributed by atoms with Gasteiger partial charge in [-0.3, -0.25) is 9.55 Å². The van der Waals surface area contributed by atoms with Crippen molar-refractivity contribution in [1.82, 2.24) is 19.5 Å². The van der Waals surface area contributed by atoms with Gasteiger partial charge in [0.1, 0.15) is 29.8 Å². The van der Waals surface area contributed by atoms with Gasteiger partial charge in [0.15, 0.2) is 0 Å². The van der Waals surface area contributed by atoms with Gasteiger partial charge in [-0.1, -0.05) is 63.2 Å². The topological polar surface area (TPSA) is 59.3 Å². The number of hydrogen-bond donors (Lipinski definition) is 0. The zero-order valence-electron chi connectivity index (χ0n) is 27.6. The third-order valence-electron chi connectivity index (χ3n) is 9.35. The Morgan fingerprint density at radius 3 is 2.39 bits per heavy atom. The van der Waals surface area contributed by atoms with E-state index in [9.17, 15) is 0 Å². The quantitative estimate of drug-likeness (QED) is 0.187. The average molecular weight is 639 g/mol. The molecule has 0 unspecified atom stereocenters. The lowest BCUT2D eigenvalue weighted by molar-refractivity contribution is 0.483. The van der Waals surface area contributed by atoms with Gasteiger partial charge in [-0.15, -0.1) is 0 Å². The molecule has 5 heterocycles. The van der Waals surface area contributed by atoms with Crippen LogP contribution in [0.1, 0.15) is 26.3 Å². The number of ether oxygens (including phenoxy) is 1. The summed E-state index contributed by atoms with van der Waals surface area (Å²) in [7, 11) is 0. The zero-order valence-corrected chi connectivity index (χ0v) is 27.6. The maximum absolute atomic E-state index is 6.60. The van der Waals surface area contributed by atoms with E-state index in [1.54, 1.807) is 0 Å². The second-order valence-corrected chi connectivity index (χ2v) is 13.5. The van der Waals surface area contributed by atoms with Crippen LogP contribution in [0, 0.1) is 0 Å². The Kier molecular flexibility index (Phi) is 6.62. The molecule has 4 aromatic carbocycles. The van der Waals surface area contributed by atoms with Crippen LogP contribution in [0.2, 0.25) is 0 Å². The van der Waals surface area contributed by atoms with Gasteiger partial charge < -0.3 is 14.5 Å². The van der Waals surface area contributed by atoms with Gasteiger partial charge in [0, 0.05) is 46.4 Å². The van der Waals surface area contributed by atoms with Crippen molar-refractivity contribution in [3.63, 3.8) is 0 Å². The fourth-order valence-corrected chi connectivity index (χ4v) is 6.85. The van der Waals surface area contributed by atoms with E-state index in [0.717, 1.165) is 67.5 Å². The van der Waals surface area contributed by atoms with Crippen molar-refractivity contribution in [2.45, 2.75) is 26.2 Å². The number of rotatable bonds is 5. The van der Waals surface area contributed by atoms with Crippen LogP contribution < -0.4 is 14.5 Å². The number of aromatic nitrogens is 4. The standard InChI is InChI=1S/C42H34N6O/c1-42(2,3)29-19-22-44-41(23-29)48-36-14-7-5-12-33(36)34-17-16-32(25-38(34)48)49-31-11-8-10-30(24-31)46-27-47(39-26-43-21-20-37(39)46)40-18-15-28-9-4-6-13-35(28)45-40/h4-26H,27H2,1-3H3. The Balaban J connectivity index is 1.07. The van der Waals surface area contributed by atoms with Gasteiger partial charge in [0.25, 0.3) is 0 Å². The average Bonchev–Trinajstić information content (AvgIpc) is 3.67. The highest BCUT2D eigenvalue weighted by molar-refractivity contribution is 6.09. The first kappa shape index (κ1) is 29.0. The molecule has 0 N–H and O–H groups in total. The zero-order chi connectivity index (χ0) is 33.1. The first-order valence-electron chi connectivity index (χ1n) is 16.5. The summed E-state index contributed by atoms with van der Waals surface area (Å²) >= 11 is 0. The molecular weight excluding hydrogens is 605 g/mol. The van der Waals surface area contributed by atoms with Crippen molar-refractivity contribution < 1.29 is 4.74 Å². The van der Waals surface area contributed by atoms with Crippen molar-refractivity contribution in [3.8, 4) is 17.3 Å². The van der Waals surface area contributed by atoms with Gasteiger partial charge in [-0.25, -0.2) is 9.97 Å². The van der Waals surface area contributed by atoms with E-state index in [4.69, 9.17) is 14.7 Å².